The maximum absolute atomic E-state index is 13.5. The molecule has 0 fully saturated rings. The molecule has 0 saturated carbocycles. The summed E-state index contributed by atoms with van der Waals surface area (Å²) in [5.74, 6) is -0.0485. The fourth-order valence-corrected chi connectivity index (χ4v) is 5.09. The largest absolute Gasteiger partial charge is 0.494 e. The van der Waals surface area contributed by atoms with Gasteiger partial charge in [-0.1, -0.05) is 67.6 Å². The molecule has 2 N–H and O–H groups in total. The molecule has 0 heterocycles. The second-order valence-electron chi connectivity index (χ2n) is 9.71. The Morgan fingerprint density at radius 3 is 2.10 bits per heavy atom. The number of benzene rings is 4. The first kappa shape index (κ1) is 29.7. The molecule has 0 bridgehead atoms. The number of ether oxygens (including phenoxy) is 1. The van der Waals surface area contributed by atoms with Gasteiger partial charge in [-0.3, -0.25) is 9.69 Å². The van der Waals surface area contributed by atoms with Crippen molar-refractivity contribution in [2.75, 3.05) is 23.4 Å². The normalized spacial score (nSPS) is 10.7. The first-order chi connectivity index (χ1) is 20.0. The van der Waals surface area contributed by atoms with Crippen LogP contribution in [0.25, 0.3) is 0 Å². The summed E-state index contributed by atoms with van der Waals surface area (Å²) in [6.07, 6.45) is 3.79. The van der Waals surface area contributed by atoms with Crippen LogP contribution in [-0.2, 0) is 17.6 Å². The molecule has 4 aromatic carbocycles. The Hall–Kier alpha value is -4.23. The van der Waals surface area contributed by atoms with Crippen molar-refractivity contribution in [1.29, 1.82) is 0 Å². The average molecular weight is 569 g/mol. The third-order valence-corrected chi connectivity index (χ3v) is 7.49. The summed E-state index contributed by atoms with van der Waals surface area (Å²) >= 11 is 1.59. The molecule has 212 valence electrons. The van der Waals surface area contributed by atoms with Crippen LogP contribution in [0.1, 0.15) is 37.3 Å². The van der Waals surface area contributed by atoms with Crippen molar-refractivity contribution in [2.24, 2.45) is 0 Å². The van der Waals surface area contributed by atoms with Crippen LogP contribution in [0.2, 0.25) is 0 Å². The molecule has 41 heavy (non-hydrogen) atoms. The van der Waals surface area contributed by atoms with Gasteiger partial charge < -0.3 is 15.2 Å². The number of rotatable bonds is 14. The molecule has 0 spiro atoms. The zero-order chi connectivity index (χ0) is 28.9. The molecule has 2 amide bonds. The number of nitrogens with zero attached hydrogens (tertiary/aromatic N) is 1. The quantitative estimate of drug-likeness (QED) is 0.150. The van der Waals surface area contributed by atoms with Crippen LogP contribution in [0.5, 0.6) is 5.75 Å². The highest BCUT2D eigenvalue weighted by Gasteiger charge is 2.16. The van der Waals surface area contributed by atoms with Gasteiger partial charge >= 0.3 is 12.0 Å². The topological polar surface area (TPSA) is 78.9 Å². The Labute approximate surface area is 246 Å². The first-order valence-electron chi connectivity index (χ1n) is 13.9. The Balaban J connectivity index is 1.43. The highest BCUT2D eigenvalue weighted by molar-refractivity contribution is 7.99. The molecule has 0 atom stereocenters. The van der Waals surface area contributed by atoms with Gasteiger partial charge in [0.2, 0.25) is 0 Å². The second kappa shape index (κ2) is 15.5. The zero-order valence-corrected chi connectivity index (χ0v) is 24.1. The fraction of sp³-hybridized carbons (Fsp3) is 0.235. The van der Waals surface area contributed by atoms with Gasteiger partial charge in [-0.25, -0.2) is 4.79 Å². The van der Waals surface area contributed by atoms with Crippen molar-refractivity contribution in [3.63, 3.8) is 0 Å². The van der Waals surface area contributed by atoms with Crippen molar-refractivity contribution >= 4 is 35.1 Å². The van der Waals surface area contributed by atoms with E-state index >= 15 is 0 Å². The Kier molecular flexibility index (Phi) is 11.3. The average Bonchev–Trinajstić information content (AvgIpc) is 2.98. The SMILES string of the molecule is CCCCOc1ccc(NC(=O)N(CCCc2ccccc2)c2ccc(Sc3ccc(CC(=O)O)cc3)cc2)cc1. The molecule has 6 nitrogen and oxygen atoms in total. The summed E-state index contributed by atoms with van der Waals surface area (Å²) in [6.45, 7) is 3.38. The molecule has 0 aromatic heterocycles. The lowest BCUT2D eigenvalue weighted by molar-refractivity contribution is -0.136. The van der Waals surface area contributed by atoms with Crippen LogP contribution < -0.4 is 15.0 Å². The van der Waals surface area contributed by atoms with Crippen LogP contribution in [0, 0.1) is 0 Å². The number of carboxylic acid groups (broad SMARTS) is 1. The number of hydrogen-bond acceptors (Lipinski definition) is 4. The third kappa shape index (κ3) is 9.72. The number of carbonyl (C=O) groups is 2. The van der Waals surface area contributed by atoms with E-state index < -0.39 is 5.97 Å². The van der Waals surface area contributed by atoms with Crippen LogP contribution >= 0.6 is 11.8 Å². The van der Waals surface area contributed by atoms with Crippen molar-refractivity contribution in [2.45, 2.75) is 48.8 Å². The molecule has 0 aliphatic carbocycles. The predicted molar refractivity (Wildman–Crippen MR) is 166 cm³/mol. The maximum Gasteiger partial charge on any atom is 0.326 e. The van der Waals surface area contributed by atoms with Gasteiger partial charge in [0.15, 0.2) is 0 Å². The minimum Gasteiger partial charge on any atom is -0.494 e. The van der Waals surface area contributed by atoms with Crippen LogP contribution in [0.15, 0.2) is 113 Å². The number of aryl methyl sites for hydroxylation is 1. The van der Waals surface area contributed by atoms with Crippen molar-refractivity contribution in [3.05, 3.63) is 114 Å². The third-order valence-electron chi connectivity index (χ3n) is 6.47. The number of urea groups is 1. The number of carbonyl (C=O) groups excluding carboxylic acids is 1. The molecule has 0 unspecified atom stereocenters. The molecular formula is C34H36N2O4S. The van der Waals surface area contributed by atoms with Gasteiger partial charge in [0.05, 0.1) is 13.0 Å². The standard InChI is InChI=1S/C34H36N2O4S/c1-2-3-24-40-30-17-13-28(14-18-30)35-34(39)36(23-7-10-26-8-5-4-6-9-26)29-15-21-32(22-16-29)41-31-19-11-27(12-20-31)25-33(37)38/h4-6,8-9,11-22H,2-3,7,10,23-25H2,1H3,(H,35,39)(H,37,38). The van der Waals surface area contributed by atoms with E-state index in [9.17, 15) is 9.59 Å². The number of nitrogens with one attached hydrogen (secondary N) is 1. The van der Waals surface area contributed by atoms with E-state index in [4.69, 9.17) is 9.84 Å². The Morgan fingerprint density at radius 2 is 1.46 bits per heavy atom. The molecule has 0 aliphatic rings. The monoisotopic (exact) mass is 568 g/mol. The highest BCUT2D eigenvalue weighted by Crippen LogP contribution is 2.30. The lowest BCUT2D eigenvalue weighted by Gasteiger charge is -2.24. The summed E-state index contributed by atoms with van der Waals surface area (Å²) in [5.41, 5.74) is 3.54. The summed E-state index contributed by atoms with van der Waals surface area (Å²) in [4.78, 5) is 28.2. The predicted octanol–water partition coefficient (Wildman–Crippen LogP) is 8.32. The summed E-state index contributed by atoms with van der Waals surface area (Å²) < 4.78 is 5.74. The fourth-order valence-electron chi connectivity index (χ4n) is 4.27. The number of carboxylic acids is 1. The van der Waals surface area contributed by atoms with Crippen LogP contribution in [0.3, 0.4) is 0 Å². The van der Waals surface area contributed by atoms with E-state index in [0.717, 1.165) is 52.5 Å². The Bertz CT molecular complexity index is 1380. The minimum absolute atomic E-state index is 0.0126. The van der Waals surface area contributed by atoms with E-state index in [1.165, 1.54) is 5.56 Å². The van der Waals surface area contributed by atoms with E-state index in [0.29, 0.717) is 18.8 Å². The highest BCUT2D eigenvalue weighted by atomic mass is 32.2. The smallest absolute Gasteiger partial charge is 0.326 e. The van der Waals surface area contributed by atoms with Gasteiger partial charge in [-0.2, -0.15) is 0 Å². The van der Waals surface area contributed by atoms with E-state index in [-0.39, 0.29) is 12.5 Å². The van der Waals surface area contributed by atoms with Gasteiger partial charge in [0.1, 0.15) is 5.75 Å². The molecule has 0 aliphatic heterocycles. The number of hydrogen-bond donors (Lipinski definition) is 2. The van der Waals surface area contributed by atoms with Crippen molar-refractivity contribution in [1.82, 2.24) is 0 Å². The molecule has 4 rings (SSSR count). The summed E-state index contributed by atoms with van der Waals surface area (Å²) in [7, 11) is 0. The van der Waals surface area contributed by atoms with Gasteiger partial charge in [0.25, 0.3) is 0 Å². The van der Waals surface area contributed by atoms with E-state index in [1.807, 2.05) is 91.0 Å². The molecular weight excluding hydrogens is 532 g/mol. The van der Waals surface area contributed by atoms with Gasteiger partial charge in [-0.05, 0) is 91.1 Å². The zero-order valence-electron chi connectivity index (χ0n) is 23.3. The summed E-state index contributed by atoms with van der Waals surface area (Å²) in [6, 6.07) is 33.1. The Morgan fingerprint density at radius 1 is 0.805 bits per heavy atom. The lowest BCUT2D eigenvalue weighted by atomic mass is 10.1. The number of amides is 2. The minimum atomic E-state index is -0.841. The lowest BCUT2D eigenvalue weighted by Crippen LogP contribution is -2.36. The molecule has 7 heteroatoms. The molecule has 0 saturated heterocycles. The maximum atomic E-state index is 13.5. The number of aliphatic carboxylic acids is 1. The van der Waals surface area contributed by atoms with Crippen molar-refractivity contribution < 1.29 is 19.4 Å². The molecule has 0 radical (unpaired) electrons. The first-order valence-corrected chi connectivity index (χ1v) is 14.8. The van der Waals surface area contributed by atoms with Crippen LogP contribution in [0.4, 0.5) is 16.2 Å². The number of unbranched alkanes of at least 4 members (excludes halogenated alkanes) is 1. The molecule has 4 aromatic rings. The second-order valence-corrected chi connectivity index (χ2v) is 10.9. The van der Waals surface area contributed by atoms with E-state index in [2.05, 4.69) is 24.4 Å². The van der Waals surface area contributed by atoms with Crippen LogP contribution in [-0.4, -0.2) is 30.3 Å². The summed E-state index contributed by atoms with van der Waals surface area (Å²) in [5, 5.41) is 12.0. The van der Waals surface area contributed by atoms with E-state index in [1.54, 1.807) is 16.7 Å². The van der Waals surface area contributed by atoms with Crippen molar-refractivity contribution in [3.8, 4) is 5.75 Å². The van der Waals surface area contributed by atoms with Gasteiger partial charge in [0, 0.05) is 27.7 Å². The number of anilines is 2. The van der Waals surface area contributed by atoms with Gasteiger partial charge in [-0.15, -0.1) is 0 Å².